The number of nitrogens with one attached hydrogen (secondary N) is 1. The maximum atomic E-state index is 11.4. The van der Waals surface area contributed by atoms with Crippen LogP contribution in [0.4, 0.5) is 5.82 Å². The van der Waals surface area contributed by atoms with Crippen LogP contribution in [-0.4, -0.2) is 54.6 Å². The Labute approximate surface area is 132 Å². The SMILES string of the molecule is CC(=O)N1CCN(c2ccc(CC[C@H]3CCCN3)cn2)CC1. The Kier molecular flexibility index (Phi) is 4.93. The van der Waals surface area contributed by atoms with E-state index in [0.717, 1.165) is 38.4 Å². The number of carbonyl (C=O) groups is 1. The predicted molar refractivity (Wildman–Crippen MR) is 88.0 cm³/mol. The molecule has 2 saturated heterocycles. The first-order chi connectivity index (χ1) is 10.7. The fourth-order valence-corrected chi connectivity index (χ4v) is 3.35. The largest absolute Gasteiger partial charge is 0.353 e. The van der Waals surface area contributed by atoms with Crippen molar-refractivity contribution in [2.24, 2.45) is 0 Å². The molecular weight excluding hydrogens is 276 g/mol. The highest BCUT2D eigenvalue weighted by Crippen LogP contribution is 2.16. The number of nitrogens with zero attached hydrogens (tertiary/aromatic N) is 3. The third-order valence-corrected chi connectivity index (χ3v) is 4.80. The van der Waals surface area contributed by atoms with Crippen molar-refractivity contribution in [3.05, 3.63) is 23.9 Å². The van der Waals surface area contributed by atoms with Crippen molar-refractivity contribution >= 4 is 11.7 Å². The molecule has 0 bridgehead atoms. The number of piperazine rings is 1. The van der Waals surface area contributed by atoms with Crippen molar-refractivity contribution < 1.29 is 4.79 Å². The molecule has 22 heavy (non-hydrogen) atoms. The van der Waals surface area contributed by atoms with Gasteiger partial charge in [0.1, 0.15) is 5.82 Å². The normalized spacial score (nSPS) is 22.1. The molecule has 1 aromatic rings. The lowest BCUT2D eigenvalue weighted by Crippen LogP contribution is -2.48. The summed E-state index contributed by atoms with van der Waals surface area (Å²) in [5.74, 6) is 1.20. The molecular formula is C17H26N4O. The van der Waals surface area contributed by atoms with Gasteiger partial charge in [0.25, 0.3) is 0 Å². The molecule has 1 atom stereocenters. The van der Waals surface area contributed by atoms with Gasteiger partial charge in [0.15, 0.2) is 0 Å². The van der Waals surface area contributed by atoms with Crippen molar-refractivity contribution in [1.82, 2.24) is 15.2 Å². The molecule has 2 aliphatic rings. The van der Waals surface area contributed by atoms with Gasteiger partial charge in [-0.25, -0.2) is 4.98 Å². The lowest BCUT2D eigenvalue weighted by Gasteiger charge is -2.34. The summed E-state index contributed by atoms with van der Waals surface area (Å²) in [6, 6.07) is 5.02. The Balaban J connectivity index is 1.50. The second-order valence-electron chi connectivity index (χ2n) is 6.35. The third kappa shape index (κ3) is 3.77. The summed E-state index contributed by atoms with van der Waals surface area (Å²) in [5, 5.41) is 3.54. The lowest BCUT2D eigenvalue weighted by molar-refractivity contribution is -0.129. The van der Waals surface area contributed by atoms with E-state index in [1.807, 2.05) is 11.1 Å². The van der Waals surface area contributed by atoms with Crippen molar-refractivity contribution in [2.45, 2.75) is 38.6 Å². The van der Waals surface area contributed by atoms with E-state index in [-0.39, 0.29) is 5.91 Å². The molecule has 1 aromatic heterocycles. The zero-order valence-electron chi connectivity index (χ0n) is 13.4. The highest BCUT2D eigenvalue weighted by Gasteiger charge is 2.19. The summed E-state index contributed by atoms with van der Waals surface area (Å²) >= 11 is 0. The van der Waals surface area contributed by atoms with Crippen LogP contribution >= 0.6 is 0 Å². The van der Waals surface area contributed by atoms with Crippen LogP contribution in [0.2, 0.25) is 0 Å². The molecule has 0 radical (unpaired) electrons. The molecule has 0 aliphatic carbocycles. The second kappa shape index (κ2) is 7.09. The van der Waals surface area contributed by atoms with Crippen LogP contribution < -0.4 is 10.2 Å². The minimum absolute atomic E-state index is 0.170. The van der Waals surface area contributed by atoms with Crippen molar-refractivity contribution in [3.8, 4) is 0 Å². The Bertz CT molecular complexity index is 488. The quantitative estimate of drug-likeness (QED) is 0.914. The Morgan fingerprint density at radius 3 is 2.73 bits per heavy atom. The van der Waals surface area contributed by atoms with Gasteiger partial charge in [0.05, 0.1) is 0 Å². The molecule has 0 aromatic carbocycles. The predicted octanol–water partition coefficient (Wildman–Crippen LogP) is 1.43. The molecule has 0 saturated carbocycles. The van der Waals surface area contributed by atoms with Crippen LogP contribution in [0.5, 0.6) is 0 Å². The van der Waals surface area contributed by atoms with Gasteiger partial charge in [0, 0.05) is 45.3 Å². The molecule has 0 unspecified atom stereocenters. The van der Waals surface area contributed by atoms with Crippen LogP contribution in [0, 0.1) is 0 Å². The monoisotopic (exact) mass is 302 g/mol. The fraction of sp³-hybridized carbons (Fsp3) is 0.647. The average molecular weight is 302 g/mol. The number of aromatic nitrogens is 1. The van der Waals surface area contributed by atoms with E-state index >= 15 is 0 Å². The zero-order valence-corrected chi connectivity index (χ0v) is 13.4. The number of carbonyl (C=O) groups excluding carboxylic acids is 1. The number of aryl methyl sites for hydroxylation is 1. The van der Waals surface area contributed by atoms with Crippen molar-refractivity contribution in [1.29, 1.82) is 0 Å². The van der Waals surface area contributed by atoms with E-state index in [4.69, 9.17) is 0 Å². The topological polar surface area (TPSA) is 48.5 Å². The van der Waals surface area contributed by atoms with Crippen LogP contribution in [0.15, 0.2) is 18.3 Å². The molecule has 3 heterocycles. The second-order valence-corrected chi connectivity index (χ2v) is 6.35. The molecule has 2 aliphatic heterocycles. The smallest absolute Gasteiger partial charge is 0.219 e. The molecule has 120 valence electrons. The minimum atomic E-state index is 0.170. The van der Waals surface area contributed by atoms with E-state index < -0.39 is 0 Å². The van der Waals surface area contributed by atoms with Gasteiger partial charge in [-0.15, -0.1) is 0 Å². The summed E-state index contributed by atoms with van der Waals surface area (Å²) in [6.45, 7) is 6.16. The first-order valence-corrected chi connectivity index (χ1v) is 8.41. The van der Waals surface area contributed by atoms with Crippen LogP contribution in [-0.2, 0) is 11.2 Å². The third-order valence-electron chi connectivity index (χ3n) is 4.80. The average Bonchev–Trinajstić information content (AvgIpc) is 3.07. The minimum Gasteiger partial charge on any atom is -0.353 e. The van der Waals surface area contributed by atoms with E-state index in [9.17, 15) is 4.79 Å². The lowest BCUT2D eigenvalue weighted by atomic mass is 10.1. The Morgan fingerprint density at radius 2 is 2.14 bits per heavy atom. The molecule has 5 nitrogen and oxygen atoms in total. The maximum Gasteiger partial charge on any atom is 0.219 e. The standard InChI is InChI=1S/C17H26N4O/c1-14(22)20-9-11-21(12-10-20)17-7-5-15(13-19-17)4-6-16-3-2-8-18-16/h5,7,13,16,18H,2-4,6,8-12H2,1H3/t16-/m1/s1. The molecule has 3 rings (SSSR count). The summed E-state index contributed by atoms with van der Waals surface area (Å²) in [5.41, 5.74) is 1.32. The molecule has 1 N–H and O–H groups in total. The van der Waals surface area contributed by atoms with Gasteiger partial charge in [0.2, 0.25) is 5.91 Å². The summed E-state index contributed by atoms with van der Waals surface area (Å²) in [7, 11) is 0. The van der Waals surface area contributed by atoms with Gasteiger partial charge in [-0.2, -0.15) is 0 Å². The van der Waals surface area contributed by atoms with Crippen LogP contribution in [0.1, 0.15) is 31.7 Å². The fourth-order valence-electron chi connectivity index (χ4n) is 3.35. The highest BCUT2D eigenvalue weighted by atomic mass is 16.2. The summed E-state index contributed by atoms with van der Waals surface area (Å²) in [6.07, 6.45) is 6.95. The first-order valence-electron chi connectivity index (χ1n) is 8.41. The number of pyridine rings is 1. The molecule has 2 fully saturated rings. The highest BCUT2D eigenvalue weighted by molar-refractivity contribution is 5.73. The maximum absolute atomic E-state index is 11.4. The van der Waals surface area contributed by atoms with Crippen molar-refractivity contribution in [3.63, 3.8) is 0 Å². The van der Waals surface area contributed by atoms with Gasteiger partial charge in [-0.3, -0.25) is 4.79 Å². The zero-order chi connectivity index (χ0) is 15.4. The van der Waals surface area contributed by atoms with Crippen LogP contribution in [0.3, 0.4) is 0 Å². The molecule has 1 amide bonds. The van der Waals surface area contributed by atoms with Gasteiger partial charge >= 0.3 is 0 Å². The summed E-state index contributed by atoms with van der Waals surface area (Å²) < 4.78 is 0. The number of amides is 1. The summed E-state index contributed by atoms with van der Waals surface area (Å²) in [4.78, 5) is 20.1. The Hall–Kier alpha value is -1.62. The number of anilines is 1. The van der Waals surface area contributed by atoms with E-state index in [1.165, 1.54) is 31.4 Å². The Morgan fingerprint density at radius 1 is 1.32 bits per heavy atom. The van der Waals surface area contributed by atoms with Crippen molar-refractivity contribution in [2.75, 3.05) is 37.6 Å². The van der Waals surface area contributed by atoms with E-state index in [0.29, 0.717) is 6.04 Å². The first kappa shape index (κ1) is 15.3. The van der Waals surface area contributed by atoms with Gasteiger partial charge in [-0.1, -0.05) is 6.07 Å². The van der Waals surface area contributed by atoms with Gasteiger partial charge < -0.3 is 15.1 Å². The van der Waals surface area contributed by atoms with E-state index in [1.54, 1.807) is 6.92 Å². The number of hydrogen-bond acceptors (Lipinski definition) is 4. The molecule has 5 heteroatoms. The van der Waals surface area contributed by atoms with Crippen LogP contribution in [0.25, 0.3) is 0 Å². The number of hydrogen-bond donors (Lipinski definition) is 1. The van der Waals surface area contributed by atoms with E-state index in [2.05, 4.69) is 27.3 Å². The molecule has 0 spiro atoms. The van der Waals surface area contributed by atoms with Gasteiger partial charge in [-0.05, 0) is 43.9 Å². The number of rotatable bonds is 4.